The maximum absolute atomic E-state index is 12.5. The fourth-order valence-corrected chi connectivity index (χ4v) is 2.59. The van der Waals surface area contributed by atoms with E-state index in [0.29, 0.717) is 11.4 Å². The largest absolute Gasteiger partial charge is 0.326 e. The van der Waals surface area contributed by atoms with Crippen molar-refractivity contribution in [2.75, 3.05) is 10.6 Å². The lowest BCUT2D eigenvalue weighted by Gasteiger charge is -2.09. The van der Waals surface area contributed by atoms with Crippen molar-refractivity contribution in [3.63, 3.8) is 0 Å². The molecule has 0 aliphatic heterocycles. The molecule has 0 aliphatic rings. The minimum absolute atomic E-state index is 0.137. The second-order valence-electron chi connectivity index (χ2n) is 6.41. The molecule has 2 amide bonds. The summed E-state index contributed by atoms with van der Waals surface area (Å²) in [5, 5.41) is 9.56. The third-order valence-electron chi connectivity index (χ3n) is 4.02. The molecule has 0 saturated carbocycles. The lowest BCUT2D eigenvalue weighted by molar-refractivity contribution is -0.114. The van der Waals surface area contributed by atoms with Gasteiger partial charge in [0.05, 0.1) is 6.54 Å². The number of nitrogens with zero attached hydrogens (tertiary/aromatic N) is 2. The van der Waals surface area contributed by atoms with E-state index < -0.39 is 5.91 Å². The van der Waals surface area contributed by atoms with Gasteiger partial charge in [0.1, 0.15) is 5.69 Å². The maximum Gasteiger partial charge on any atom is 0.276 e. The van der Waals surface area contributed by atoms with E-state index in [9.17, 15) is 14.4 Å². The van der Waals surface area contributed by atoms with Crippen LogP contribution in [0.3, 0.4) is 0 Å². The number of aromatic nitrogens is 2. The van der Waals surface area contributed by atoms with Crippen molar-refractivity contribution in [1.82, 2.24) is 9.78 Å². The summed E-state index contributed by atoms with van der Waals surface area (Å²) in [4.78, 5) is 35.6. The van der Waals surface area contributed by atoms with Gasteiger partial charge in [0, 0.05) is 24.4 Å². The van der Waals surface area contributed by atoms with Crippen molar-refractivity contribution in [2.24, 2.45) is 0 Å². The summed E-state index contributed by atoms with van der Waals surface area (Å²) in [5.74, 6) is -0.596. The summed E-state index contributed by atoms with van der Waals surface area (Å²) in [6.45, 7) is 3.69. The van der Waals surface area contributed by atoms with Gasteiger partial charge < -0.3 is 10.6 Å². The fourth-order valence-electron chi connectivity index (χ4n) is 2.59. The zero-order chi connectivity index (χ0) is 20.1. The SMILES string of the molecule is CC(=O)Nc1ccc(NC(=O)c2ccc(=O)n(Cc3ccc(C)cc3)n2)cc1. The molecule has 1 aromatic heterocycles. The summed E-state index contributed by atoms with van der Waals surface area (Å²) in [5.41, 5.74) is 3.09. The van der Waals surface area contributed by atoms with E-state index in [4.69, 9.17) is 0 Å². The molecule has 0 saturated heterocycles. The molecule has 1 heterocycles. The van der Waals surface area contributed by atoms with Crippen LogP contribution in [0.4, 0.5) is 11.4 Å². The summed E-state index contributed by atoms with van der Waals surface area (Å²) >= 11 is 0. The molecular formula is C21H20N4O3. The molecule has 7 nitrogen and oxygen atoms in total. The van der Waals surface area contributed by atoms with Crippen LogP contribution in [-0.4, -0.2) is 21.6 Å². The predicted molar refractivity (Wildman–Crippen MR) is 107 cm³/mol. The van der Waals surface area contributed by atoms with E-state index in [1.807, 2.05) is 31.2 Å². The third-order valence-corrected chi connectivity index (χ3v) is 4.02. The number of benzene rings is 2. The lowest BCUT2D eigenvalue weighted by Crippen LogP contribution is -2.26. The Balaban J connectivity index is 1.74. The molecule has 28 heavy (non-hydrogen) atoms. The molecule has 0 radical (unpaired) electrons. The number of carbonyl (C=O) groups is 2. The molecule has 142 valence electrons. The van der Waals surface area contributed by atoms with Crippen LogP contribution in [0.1, 0.15) is 28.5 Å². The average Bonchev–Trinajstić information content (AvgIpc) is 2.66. The van der Waals surface area contributed by atoms with Gasteiger partial charge in [-0.15, -0.1) is 0 Å². The average molecular weight is 376 g/mol. The molecule has 2 N–H and O–H groups in total. The number of anilines is 2. The molecule has 0 atom stereocenters. The Morgan fingerprint density at radius 3 is 2.11 bits per heavy atom. The van der Waals surface area contributed by atoms with E-state index in [1.165, 1.54) is 23.7 Å². The summed E-state index contributed by atoms with van der Waals surface area (Å²) in [6, 6.07) is 17.2. The highest BCUT2D eigenvalue weighted by molar-refractivity contribution is 6.02. The number of hydrogen-bond donors (Lipinski definition) is 2. The minimum Gasteiger partial charge on any atom is -0.326 e. The Morgan fingerprint density at radius 2 is 1.50 bits per heavy atom. The highest BCUT2D eigenvalue weighted by Gasteiger charge is 2.11. The van der Waals surface area contributed by atoms with E-state index >= 15 is 0 Å². The van der Waals surface area contributed by atoms with Crippen molar-refractivity contribution < 1.29 is 9.59 Å². The van der Waals surface area contributed by atoms with Crippen LogP contribution in [0.5, 0.6) is 0 Å². The van der Waals surface area contributed by atoms with Gasteiger partial charge in [0.15, 0.2) is 0 Å². The molecule has 0 bridgehead atoms. The van der Waals surface area contributed by atoms with Crippen LogP contribution in [0.2, 0.25) is 0 Å². The normalized spacial score (nSPS) is 10.4. The topological polar surface area (TPSA) is 93.1 Å². The van der Waals surface area contributed by atoms with Crippen molar-refractivity contribution in [1.29, 1.82) is 0 Å². The Kier molecular flexibility index (Phi) is 5.64. The van der Waals surface area contributed by atoms with Gasteiger partial charge in [0.25, 0.3) is 11.5 Å². The number of nitrogens with one attached hydrogen (secondary N) is 2. The van der Waals surface area contributed by atoms with Gasteiger partial charge in [-0.1, -0.05) is 29.8 Å². The first-order chi connectivity index (χ1) is 13.4. The van der Waals surface area contributed by atoms with E-state index in [0.717, 1.165) is 11.1 Å². The lowest BCUT2D eigenvalue weighted by atomic mass is 10.1. The van der Waals surface area contributed by atoms with Gasteiger partial charge in [-0.3, -0.25) is 14.4 Å². The Hall–Kier alpha value is -3.74. The predicted octanol–water partition coefficient (Wildman–Crippen LogP) is 2.81. The number of aryl methyl sites for hydroxylation is 1. The first-order valence-corrected chi connectivity index (χ1v) is 8.73. The van der Waals surface area contributed by atoms with Crippen LogP contribution in [0.15, 0.2) is 65.5 Å². The number of carbonyl (C=O) groups excluding carboxylic acids is 2. The quantitative estimate of drug-likeness (QED) is 0.716. The smallest absolute Gasteiger partial charge is 0.276 e. The first-order valence-electron chi connectivity index (χ1n) is 8.73. The van der Waals surface area contributed by atoms with Crippen LogP contribution in [-0.2, 0) is 11.3 Å². The summed E-state index contributed by atoms with van der Waals surface area (Å²) < 4.78 is 1.26. The van der Waals surface area contributed by atoms with Crippen LogP contribution < -0.4 is 16.2 Å². The van der Waals surface area contributed by atoms with Gasteiger partial charge in [-0.05, 0) is 42.8 Å². The second-order valence-corrected chi connectivity index (χ2v) is 6.41. The first kappa shape index (κ1) is 19.0. The number of amides is 2. The summed E-state index contributed by atoms with van der Waals surface area (Å²) in [6.07, 6.45) is 0. The highest BCUT2D eigenvalue weighted by atomic mass is 16.2. The van der Waals surface area contributed by atoms with Crippen molar-refractivity contribution >= 4 is 23.2 Å². The monoisotopic (exact) mass is 376 g/mol. The zero-order valence-corrected chi connectivity index (χ0v) is 15.6. The van der Waals surface area contributed by atoms with Crippen LogP contribution in [0.25, 0.3) is 0 Å². The standard InChI is InChI=1S/C21H20N4O3/c1-14-3-5-16(6-4-14)13-25-20(27)12-11-19(24-25)21(28)23-18-9-7-17(8-10-18)22-15(2)26/h3-12H,13H2,1-2H3,(H,22,26)(H,23,28). The summed E-state index contributed by atoms with van der Waals surface area (Å²) in [7, 11) is 0. The van der Waals surface area contributed by atoms with Gasteiger partial charge in [-0.25, -0.2) is 4.68 Å². The zero-order valence-electron chi connectivity index (χ0n) is 15.6. The molecule has 3 aromatic rings. The Labute approximate surface area is 162 Å². The molecule has 2 aromatic carbocycles. The van der Waals surface area contributed by atoms with Gasteiger partial charge >= 0.3 is 0 Å². The molecule has 7 heteroatoms. The molecule has 0 aliphatic carbocycles. The second kappa shape index (κ2) is 8.30. The van der Waals surface area contributed by atoms with E-state index in [2.05, 4.69) is 15.7 Å². The van der Waals surface area contributed by atoms with Crippen LogP contribution >= 0.6 is 0 Å². The highest BCUT2D eigenvalue weighted by Crippen LogP contribution is 2.14. The molecule has 0 spiro atoms. The van der Waals surface area contributed by atoms with Gasteiger partial charge in [0.2, 0.25) is 5.91 Å². The van der Waals surface area contributed by atoms with E-state index in [1.54, 1.807) is 24.3 Å². The Morgan fingerprint density at radius 1 is 0.893 bits per heavy atom. The maximum atomic E-state index is 12.5. The van der Waals surface area contributed by atoms with E-state index in [-0.39, 0.29) is 23.7 Å². The van der Waals surface area contributed by atoms with Crippen LogP contribution in [0, 0.1) is 6.92 Å². The molecular weight excluding hydrogens is 356 g/mol. The van der Waals surface area contributed by atoms with Crippen molar-refractivity contribution in [3.8, 4) is 0 Å². The van der Waals surface area contributed by atoms with Crippen molar-refractivity contribution in [2.45, 2.75) is 20.4 Å². The fraction of sp³-hybridized carbons (Fsp3) is 0.143. The Bertz CT molecular complexity index is 1050. The van der Waals surface area contributed by atoms with Crippen molar-refractivity contribution in [3.05, 3.63) is 87.8 Å². The molecule has 0 fully saturated rings. The minimum atomic E-state index is -0.426. The molecule has 0 unspecified atom stereocenters. The molecule has 3 rings (SSSR count). The number of hydrogen-bond acceptors (Lipinski definition) is 4. The van der Waals surface area contributed by atoms with Gasteiger partial charge in [-0.2, -0.15) is 5.10 Å². The number of rotatable bonds is 5. The third kappa shape index (κ3) is 4.91.